The van der Waals surface area contributed by atoms with Crippen molar-refractivity contribution in [3.05, 3.63) is 59.2 Å². The molecule has 7 heteroatoms. The molecule has 152 valence electrons. The zero-order chi connectivity index (χ0) is 20.8. The molecule has 7 nitrogen and oxygen atoms in total. The van der Waals surface area contributed by atoms with Crippen LogP contribution in [0.4, 0.5) is 5.69 Å². The number of nitrogens with one attached hydrogen (secondary N) is 2. The smallest absolute Gasteiger partial charge is 0.276 e. The Bertz CT molecular complexity index is 889. The first kappa shape index (κ1) is 20.4. The maximum atomic E-state index is 12.1. The molecule has 0 unspecified atom stereocenters. The zero-order valence-electron chi connectivity index (χ0n) is 16.7. The van der Waals surface area contributed by atoms with Crippen LogP contribution < -0.4 is 20.5 Å². The van der Waals surface area contributed by atoms with E-state index in [9.17, 15) is 14.4 Å². The van der Waals surface area contributed by atoms with Crippen LogP contribution >= 0.6 is 0 Å². The van der Waals surface area contributed by atoms with E-state index in [1.807, 2.05) is 56.3 Å². The third-order valence-corrected chi connectivity index (χ3v) is 4.78. The summed E-state index contributed by atoms with van der Waals surface area (Å²) in [5, 5.41) is 0. The van der Waals surface area contributed by atoms with Gasteiger partial charge in [-0.2, -0.15) is 0 Å². The normalized spacial score (nSPS) is 13.3. The summed E-state index contributed by atoms with van der Waals surface area (Å²) < 4.78 is 5.55. The van der Waals surface area contributed by atoms with Crippen LogP contribution in [0, 0.1) is 13.8 Å². The molecule has 1 fully saturated rings. The third kappa shape index (κ3) is 5.34. The Morgan fingerprint density at radius 2 is 1.66 bits per heavy atom. The molecular formula is C22H25N3O4. The summed E-state index contributed by atoms with van der Waals surface area (Å²) in [6.45, 7) is 4.36. The molecule has 0 bridgehead atoms. The standard InChI is InChI=1S/C22H25N3O4/c1-15-5-3-6-16(2)22(15)29-14-20(27)24-23-19(26)13-17-8-10-18(11-9-17)25-12-4-7-21(25)28/h3,5-6,8-11H,4,7,12-14H2,1-2H3,(H,23,26)(H,24,27). The molecule has 2 N–H and O–H groups in total. The van der Waals surface area contributed by atoms with Crippen molar-refractivity contribution in [1.82, 2.24) is 10.9 Å². The van der Waals surface area contributed by atoms with Gasteiger partial charge in [-0.3, -0.25) is 25.2 Å². The molecule has 3 rings (SSSR count). The Hall–Kier alpha value is -3.35. The second kappa shape index (κ2) is 9.23. The first-order valence-corrected chi connectivity index (χ1v) is 9.60. The minimum absolute atomic E-state index is 0.117. The number of hydrogen-bond acceptors (Lipinski definition) is 4. The van der Waals surface area contributed by atoms with Crippen molar-refractivity contribution < 1.29 is 19.1 Å². The minimum atomic E-state index is -0.441. The number of hydrogen-bond donors (Lipinski definition) is 2. The molecule has 0 aliphatic carbocycles. The molecule has 0 spiro atoms. The lowest BCUT2D eigenvalue weighted by Gasteiger charge is -2.16. The molecule has 29 heavy (non-hydrogen) atoms. The predicted octanol–water partition coefficient (Wildman–Crippen LogP) is 2.20. The fourth-order valence-electron chi connectivity index (χ4n) is 3.28. The molecule has 0 radical (unpaired) electrons. The molecule has 2 aromatic rings. The topological polar surface area (TPSA) is 87.7 Å². The van der Waals surface area contributed by atoms with E-state index < -0.39 is 5.91 Å². The molecule has 1 aliphatic rings. The summed E-state index contributed by atoms with van der Waals surface area (Å²) in [7, 11) is 0. The quantitative estimate of drug-likeness (QED) is 0.734. The van der Waals surface area contributed by atoms with E-state index in [1.165, 1.54) is 0 Å². The summed E-state index contributed by atoms with van der Waals surface area (Å²) >= 11 is 0. The van der Waals surface area contributed by atoms with Crippen molar-refractivity contribution in [3.63, 3.8) is 0 Å². The van der Waals surface area contributed by atoms with Crippen LogP contribution in [0.2, 0.25) is 0 Å². The Labute approximate surface area is 170 Å². The van der Waals surface area contributed by atoms with Gasteiger partial charge in [0, 0.05) is 18.7 Å². The second-order valence-corrected chi connectivity index (χ2v) is 7.10. The van der Waals surface area contributed by atoms with Crippen LogP contribution in [-0.2, 0) is 20.8 Å². The van der Waals surface area contributed by atoms with Gasteiger partial charge in [0.1, 0.15) is 5.75 Å². The van der Waals surface area contributed by atoms with Crippen molar-refractivity contribution in [2.45, 2.75) is 33.1 Å². The first-order chi connectivity index (χ1) is 13.9. The molecule has 2 aromatic carbocycles. The van der Waals surface area contributed by atoms with E-state index in [4.69, 9.17) is 4.74 Å². The summed E-state index contributed by atoms with van der Waals surface area (Å²) in [6, 6.07) is 13.0. The van der Waals surface area contributed by atoms with E-state index in [0.717, 1.165) is 35.3 Å². The van der Waals surface area contributed by atoms with Crippen LogP contribution in [-0.4, -0.2) is 30.9 Å². The molecule has 0 saturated carbocycles. The van der Waals surface area contributed by atoms with Crippen LogP contribution in [0.3, 0.4) is 0 Å². The van der Waals surface area contributed by atoms with Gasteiger partial charge in [0.25, 0.3) is 5.91 Å². The van der Waals surface area contributed by atoms with Crippen molar-refractivity contribution in [1.29, 1.82) is 0 Å². The second-order valence-electron chi connectivity index (χ2n) is 7.10. The number of carbonyl (C=O) groups is 3. The minimum Gasteiger partial charge on any atom is -0.483 e. The molecule has 1 saturated heterocycles. The Kier molecular flexibility index (Phi) is 6.49. The van der Waals surface area contributed by atoms with Crippen molar-refractivity contribution in [3.8, 4) is 5.75 Å². The van der Waals surface area contributed by atoms with Gasteiger partial charge in [-0.1, -0.05) is 30.3 Å². The number of hydrazine groups is 1. The average molecular weight is 395 g/mol. The van der Waals surface area contributed by atoms with E-state index in [2.05, 4.69) is 10.9 Å². The van der Waals surface area contributed by atoms with E-state index >= 15 is 0 Å². The number of ether oxygens (including phenoxy) is 1. The number of carbonyl (C=O) groups excluding carboxylic acids is 3. The number of amides is 3. The number of benzene rings is 2. The van der Waals surface area contributed by atoms with Crippen LogP contribution in [0.1, 0.15) is 29.5 Å². The van der Waals surface area contributed by atoms with E-state index in [1.54, 1.807) is 4.90 Å². The number of rotatable bonds is 6. The fraction of sp³-hybridized carbons (Fsp3) is 0.318. The maximum Gasteiger partial charge on any atom is 0.276 e. The summed E-state index contributed by atoms with van der Waals surface area (Å²) in [6.07, 6.45) is 1.57. The van der Waals surface area contributed by atoms with Crippen LogP contribution in [0.5, 0.6) is 5.75 Å². The van der Waals surface area contributed by atoms with Gasteiger partial charge in [-0.05, 0) is 49.1 Å². The molecular weight excluding hydrogens is 370 g/mol. The van der Waals surface area contributed by atoms with Gasteiger partial charge in [-0.25, -0.2) is 0 Å². The lowest BCUT2D eigenvalue weighted by atomic mass is 10.1. The van der Waals surface area contributed by atoms with Crippen LogP contribution in [0.15, 0.2) is 42.5 Å². The Morgan fingerprint density at radius 3 is 2.28 bits per heavy atom. The highest BCUT2D eigenvalue weighted by Crippen LogP contribution is 2.22. The van der Waals surface area contributed by atoms with Crippen molar-refractivity contribution in [2.75, 3.05) is 18.1 Å². The highest BCUT2D eigenvalue weighted by Gasteiger charge is 2.21. The van der Waals surface area contributed by atoms with Gasteiger partial charge in [0.05, 0.1) is 6.42 Å². The van der Waals surface area contributed by atoms with Gasteiger partial charge < -0.3 is 9.64 Å². The Morgan fingerprint density at radius 1 is 1.00 bits per heavy atom. The largest absolute Gasteiger partial charge is 0.483 e. The fourth-order valence-corrected chi connectivity index (χ4v) is 3.28. The SMILES string of the molecule is Cc1cccc(C)c1OCC(=O)NNC(=O)Cc1ccc(N2CCCC2=O)cc1. The summed E-state index contributed by atoms with van der Waals surface area (Å²) in [5.41, 5.74) is 8.27. The first-order valence-electron chi connectivity index (χ1n) is 9.60. The maximum absolute atomic E-state index is 12.1. The molecule has 0 aromatic heterocycles. The molecule has 1 heterocycles. The van der Waals surface area contributed by atoms with E-state index in [0.29, 0.717) is 12.2 Å². The van der Waals surface area contributed by atoms with E-state index in [-0.39, 0.29) is 24.8 Å². The van der Waals surface area contributed by atoms with Gasteiger partial charge >= 0.3 is 0 Å². The third-order valence-electron chi connectivity index (χ3n) is 4.78. The average Bonchev–Trinajstić information content (AvgIpc) is 3.12. The predicted molar refractivity (Wildman–Crippen MR) is 109 cm³/mol. The highest BCUT2D eigenvalue weighted by atomic mass is 16.5. The lowest BCUT2D eigenvalue weighted by molar-refractivity contribution is -0.129. The van der Waals surface area contributed by atoms with Gasteiger partial charge in [-0.15, -0.1) is 0 Å². The number of nitrogens with zero attached hydrogens (tertiary/aromatic N) is 1. The highest BCUT2D eigenvalue weighted by molar-refractivity contribution is 5.95. The van der Waals surface area contributed by atoms with Crippen LogP contribution in [0.25, 0.3) is 0 Å². The molecule has 0 atom stereocenters. The number of para-hydroxylation sites is 1. The summed E-state index contributed by atoms with van der Waals surface area (Å²) in [4.78, 5) is 37.5. The molecule has 1 aliphatic heterocycles. The monoisotopic (exact) mass is 395 g/mol. The summed E-state index contributed by atoms with van der Waals surface area (Å²) in [5.74, 6) is 0.0196. The van der Waals surface area contributed by atoms with Crippen molar-refractivity contribution >= 4 is 23.4 Å². The van der Waals surface area contributed by atoms with Crippen molar-refractivity contribution in [2.24, 2.45) is 0 Å². The van der Waals surface area contributed by atoms with Gasteiger partial charge in [0.15, 0.2) is 6.61 Å². The number of anilines is 1. The lowest BCUT2D eigenvalue weighted by Crippen LogP contribution is -2.44. The molecule has 3 amide bonds. The van der Waals surface area contributed by atoms with Gasteiger partial charge in [0.2, 0.25) is 11.8 Å². The zero-order valence-corrected chi connectivity index (χ0v) is 16.7. The Balaban J connectivity index is 1.43. The number of aryl methyl sites for hydroxylation is 2.